The third-order valence-electron chi connectivity index (χ3n) is 3.45. The molecule has 1 aromatic carbocycles. The van der Waals surface area contributed by atoms with Crippen molar-refractivity contribution in [1.82, 2.24) is 0 Å². The Bertz CT molecular complexity index is 439. The van der Waals surface area contributed by atoms with Gasteiger partial charge in [-0.1, -0.05) is 20.8 Å². The van der Waals surface area contributed by atoms with Gasteiger partial charge in [-0.3, -0.25) is 0 Å². The average Bonchev–Trinajstić information content (AvgIpc) is 2.31. The number of hydrogen-bond donors (Lipinski definition) is 2. The molecule has 0 radical (unpaired) electrons. The van der Waals surface area contributed by atoms with Gasteiger partial charge in [0, 0.05) is 0 Å². The molecule has 1 aromatic rings. The van der Waals surface area contributed by atoms with E-state index >= 15 is 0 Å². The van der Waals surface area contributed by atoms with Crippen molar-refractivity contribution < 1.29 is 19.7 Å². The lowest BCUT2D eigenvalue weighted by molar-refractivity contribution is -0.0351. The normalized spacial score (nSPS) is 14.3. The van der Waals surface area contributed by atoms with Gasteiger partial charge in [0.25, 0.3) is 0 Å². The van der Waals surface area contributed by atoms with Crippen LogP contribution in [-0.4, -0.2) is 21.8 Å². The molecule has 0 amide bonds. The van der Waals surface area contributed by atoms with Crippen LogP contribution in [0.25, 0.3) is 0 Å². The van der Waals surface area contributed by atoms with E-state index in [-0.39, 0.29) is 23.0 Å². The fourth-order valence-electron chi connectivity index (χ4n) is 1.55. The fraction of sp³-hybridized carbons (Fsp3) is 0.500. The Kier molecular flexibility index (Phi) is 4.22. The van der Waals surface area contributed by atoms with Gasteiger partial charge in [0.2, 0.25) is 0 Å². The molecule has 100 valence electrons. The Morgan fingerprint density at radius 2 is 2.00 bits per heavy atom. The molecule has 0 aromatic heterocycles. The summed E-state index contributed by atoms with van der Waals surface area (Å²) in [4.78, 5) is 12.0. The molecule has 4 nitrogen and oxygen atoms in total. The van der Waals surface area contributed by atoms with Crippen molar-refractivity contribution in [1.29, 1.82) is 0 Å². The molecule has 18 heavy (non-hydrogen) atoms. The molecule has 0 aliphatic rings. The van der Waals surface area contributed by atoms with Gasteiger partial charge in [0.15, 0.2) is 0 Å². The van der Waals surface area contributed by atoms with E-state index in [1.54, 1.807) is 0 Å². The first-order chi connectivity index (χ1) is 8.30. The number of hydrogen-bond acceptors (Lipinski definition) is 4. The van der Waals surface area contributed by atoms with E-state index in [2.05, 4.69) is 0 Å². The van der Waals surface area contributed by atoms with Crippen molar-refractivity contribution >= 4 is 5.97 Å². The van der Waals surface area contributed by atoms with Crippen LogP contribution in [-0.2, 0) is 4.74 Å². The third kappa shape index (κ3) is 2.94. The number of rotatable bonds is 4. The minimum atomic E-state index is -0.624. The maximum Gasteiger partial charge on any atom is 0.342 e. The van der Waals surface area contributed by atoms with Crippen LogP contribution in [0.15, 0.2) is 18.2 Å². The van der Waals surface area contributed by atoms with Crippen LogP contribution in [0.3, 0.4) is 0 Å². The number of benzene rings is 1. The van der Waals surface area contributed by atoms with E-state index in [1.807, 2.05) is 27.7 Å². The van der Waals surface area contributed by atoms with Crippen LogP contribution in [0.2, 0.25) is 0 Å². The van der Waals surface area contributed by atoms with Gasteiger partial charge in [-0.05, 0) is 37.5 Å². The molecule has 1 atom stereocenters. The lowest BCUT2D eigenvalue weighted by Gasteiger charge is -2.32. The Hall–Kier alpha value is -1.71. The van der Waals surface area contributed by atoms with Gasteiger partial charge in [-0.25, -0.2) is 4.79 Å². The number of phenols is 2. The molecule has 0 heterocycles. The summed E-state index contributed by atoms with van der Waals surface area (Å²) in [5.74, 6) is -0.741. The molecule has 0 saturated heterocycles. The van der Waals surface area contributed by atoms with Crippen LogP contribution < -0.4 is 0 Å². The topological polar surface area (TPSA) is 66.8 Å². The van der Waals surface area contributed by atoms with Crippen molar-refractivity contribution in [2.45, 2.75) is 39.7 Å². The number of ether oxygens (including phenoxy) is 1. The molecule has 2 N–H and O–H groups in total. The minimum Gasteiger partial charge on any atom is -0.508 e. The first kappa shape index (κ1) is 14.4. The molecular formula is C14H20O4. The highest BCUT2D eigenvalue weighted by molar-refractivity contribution is 5.93. The van der Waals surface area contributed by atoms with Gasteiger partial charge in [-0.2, -0.15) is 0 Å². The van der Waals surface area contributed by atoms with E-state index in [9.17, 15) is 15.0 Å². The number of esters is 1. The minimum absolute atomic E-state index is 0.0182. The molecule has 1 rings (SSSR count). The number of aromatic hydroxyl groups is 2. The molecule has 0 aliphatic carbocycles. The zero-order chi connectivity index (χ0) is 13.9. The maximum atomic E-state index is 12.0. The maximum absolute atomic E-state index is 12.0. The van der Waals surface area contributed by atoms with Gasteiger partial charge >= 0.3 is 5.97 Å². The number of carbonyl (C=O) groups excluding carboxylic acids is 1. The SMILES string of the molecule is CCC(C)(OC(=O)c1cc(O)ccc1O)C(C)C. The van der Waals surface area contributed by atoms with Crippen molar-refractivity contribution in [3.05, 3.63) is 23.8 Å². The zero-order valence-electron chi connectivity index (χ0n) is 11.2. The highest BCUT2D eigenvalue weighted by Crippen LogP contribution is 2.29. The monoisotopic (exact) mass is 252 g/mol. The van der Waals surface area contributed by atoms with Gasteiger partial charge in [-0.15, -0.1) is 0 Å². The van der Waals surface area contributed by atoms with Crippen LogP contribution in [0, 0.1) is 5.92 Å². The van der Waals surface area contributed by atoms with Crippen LogP contribution in [0.5, 0.6) is 11.5 Å². The Morgan fingerprint density at radius 3 is 2.50 bits per heavy atom. The molecule has 1 unspecified atom stereocenters. The van der Waals surface area contributed by atoms with E-state index in [1.165, 1.54) is 18.2 Å². The van der Waals surface area contributed by atoms with E-state index in [0.717, 1.165) is 0 Å². The molecule has 0 saturated carbocycles. The summed E-state index contributed by atoms with van der Waals surface area (Å²) in [5.41, 5.74) is -0.607. The van der Waals surface area contributed by atoms with Gasteiger partial charge in [0.1, 0.15) is 22.7 Å². The average molecular weight is 252 g/mol. The Labute approximate surface area is 107 Å². The van der Waals surface area contributed by atoms with E-state index in [4.69, 9.17) is 4.74 Å². The van der Waals surface area contributed by atoms with Crippen LogP contribution in [0.4, 0.5) is 0 Å². The smallest absolute Gasteiger partial charge is 0.342 e. The van der Waals surface area contributed by atoms with Crippen LogP contribution >= 0.6 is 0 Å². The van der Waals surface area contributed by atoms with Crippen molar-refractivity contribution in [3.8, 4) is 11.5 Å². The van der Waals surface area contributed by atoms with Gasteiger partial charge < -0.3 is 14.9 Å². The summed E-state index contributed by atoms with van der Waals surface area (Å²) in [6, 6.07) is 3.78. The summed E-state index contributed by atoms with van der Waals surface area (Å²) in [6.45, 7) is 7.74. The molecule has 0 spiro atoms. The second-order valence-corrected chi connectivity index (χ2v) is 4.91. The first-order valence-corrected chi connectivity index (χ1v) is 6.05. The second-order valence-electron chi connectivity index (χ2n) is 4.91. The Balaban J connectivity index is 2.98. The molecular weight excluding hydrogens is 232 g/mol. The van der Waals surface area contributed by atoms with E-state index in [0.29, 0.717) is 6.42 Å². The predicted molar refractivity (Wildman–Crippen MR) is 68.7 cm³/mol. The molecule has 0 fully saturated rings. The zero-order valence-corrected chi connectivity index (χ0v) is 11.2. The van der Waals surface area contributed by atoms with E-state index < -0.39 is 11.6 Å². The Morgan fingerprint density at radius 1 is 1.39 bits per heavy atom. The molecule has 0 aliphatic heterocycles. The summed E-state index contributed by atoms with van der Waals surface area (Å²) in [5, 5.41) is 18.9. The second kappa shape index (κ2) is 5.29. The third-order valence-corrected chi connectivity index (χ3v) is 3.45. The number of carbonyl (C=O) groups is 1. The standard InChI is InChI=1S/C14H20O4/c1-5-14(4,9(2)3)18-13(17)11-8-10(15)6-7-12(11)16/h6-9,15-16H,5H2,1-4H3. The summed E-state index contributed by atoms with van der Waals surface area (Å²) >= 11 is 0. The van der Waals surface area contributed by atoms with Gasteiger partial charge in [0.05, 0.1) is 0 Å². The summed E-state index contributed by atoms with van der Waals surface area (Å²) < 4.78 is 5.46. The highest BCUT2D eigenvalue weighted by atomic mass is 16.6. The number of phenolic OH excluding ortho intramolecular Hbond substituents is 2. The summed E-state index contributed by atoms with van der Waals surface area (Å²) in [6.07, 6.45) is 0.677. The fourth-order valence-corrected chi connectivity index (χ4v) is 1.55. The van der Waals surface area contributed by atoms with Crippen molar-refractivity contribution in [2.24, 2.45) is 5.92 Å². The molecule has 4 heteroatoms. The molecule has 0 bridgehead atoms. The predicted octanol–water partition coefficient (Wildman–Crippen LogP) is 3.08. The van der Waals surface area contributed by atoms with Crippen LogP contribution in [0.1, 0.15) is 44.5 Å². The van der Waals surface area contributed by atoms with Crippen molar-refractivity contribution in [3.63, 3.8) is 0 Å². The summed E-state index contributed by atoms with van der Waals surface area (Å²) in [7, 11) is 0. The highest BCUT2D eigenvalue weighted by Gasteiger charge is 2.31. The first-order valence-electron chi connectivity index (χ1n) is 6.05. The quantitative estimate of drug-likeness (QED) is 0.638. The lowest BCUT2D eigenvalue weighted by Crippen LogP contribution is -2.36. The largest absolute Gasteiger partial charge is 0.508 e. The lowest BCUT2D eigenvalue weighted by atomic mass is 9.89. The van der Waals surface area contributed by atoms with Crippen molar-refractivity contribution in [2.75, 3.05) is 0 Å².